The first kappa shape index (κ1) is 15.6. The number of benzene rings is 1. The number of likely N-dealkylation sites (tertiary alicyclic amines) is 1. The Morgan fingerprint density at radius 3 is 2.29 bits per heavy atom. The molecule has 0 bridgehead atoms. The van der Waals surface area contributed by atoms with Crippen molar-refractivity contribution in [1.82, 2.24) is 25.1 Å². The van der Waals surface area contributed by atoms with Crippen LogP contribution in [-0.2, 0) is 12.1 Å². The van der Waals surface area contributed by atoms with Gasteiger partial charge >= 0.3 is 0 Å². The van der Waals surface area contributed by atoms with E-state index in [-0.39, 0.29) is 5.54 Å². The molecule has 0 saturated carbocycles. The summed E-state index contributed by atoms with van der Waals surface area (Å²) in [6.07, 6.45) is 0. The first-order valence-corrected chi connectivity index (χ1v) is 8.81. The summed E-state index contributed by atoms with van der Waals surface area (Å²) in [5, 5.41) is 12.3. The van der Waals surface area contributed by atoms with Crippen LogP contribution in [0.15, 0.2) is 30.3 Å². The number of aromatic nitrogens is 4. The van der Waals surface area contributed by atoms with Crippen molar-refractivity contribution in [3.63, 3.8) is 0 Å². The van der Waals surface area contributed by atoms with Crippen LogP contribution in [0.25, 0.3) is 0 Å². The SMILES string of the molecule is CC(C)(C)n1nnnc1CN1C[C@@H]2CN(c3ccccc3)C[C@H]2C1. The van der Waals surface area contributed by atoms with Crippen molar-refractivity contribution in [3.8, 4) is 0 Å². The normalized spacial score (nSPS) is 24.5. The van der Waals surface area contributed by atoms with Crippen molar-refractivity contribution in [2.24, 2.45) is 11.8 Å². The monoisotopic (exact) mass is 326 g/mol. The van der Waals surface area contributed by atoms with Crippen molar-refractivity contribution in [2.45, 2.75) is 32.9 Å². The highest BCUT2D eigenvalue weighted by Gasteiger charge is 2.40. The van der Waals surface area contributed by atoms with Gasteiger partial charge in [0, 0.05) is 31.9 Å². The number of nitrogens with zero attached hydrogens (tertiary/aromatic N) is 6. The molecule has 2 aliphatic heterocycles. The van der Waals surface area contributed by atoms with Crippen molar-refractivity contribution in [1.29, 1.82) is 0 Å². The minimum atomic E-state index is -0.0709. The Hall–Kier alpha value is -1.95. The van der Waals surface area contributed by atoms with Crippen molar-refractivity contribution >= 4 is 5.69 Å². The fraction of sp³-hybridized carbons (Fsp3) is 0.611. The van der Waals surface area contributed by atoms with Crippen LogP contribution in [0.5, 0.6) is 0 Å². The van der Waals surface area contributed by atoms with Gasteiger partial charge in [0.05, 0.1) is 12.1 Å². The maximum atomic E-state index is 4.25. The lowest BCUT2D eigenvalue weighted by Gasteiger charge is -2.24. The van der Waals surface area contributed by atoms with Crippen LogP contribution in [0, 0.1) is 11.8 Å². The molecular weight excluding hydrogens is 300 g/mol. The molecule has 0 spiro atoms. The third-order valence-corrected chi connectivity index (χ3v) is 5.22. The molecule has 0 N–H and O–H groups in total. The van der Waals surface area contributed by atoms with Crippen molar-refractivity contribution in [3.05, 3.63) is 36.2 Å². The number of tetrazole rings is 1. The van der Waals surface area contributed by atoms with Crippen LogP contribution in [-0.4, -0.2) is 51.3 Å². The number of hydrogen-bond donors (Lipinski definition) is 0. The van der Waals surface area contributed by atoms with Gasteiger partial charge in [0.25, 0.3) is 0 Å². The van der Waals surface area contributed by atoms with Gasteiger partial charge < -0.3 is 4.90 Å². The zero-order chi connectivity index (χ0) is 16.7. The number of para-hydroxylation sites is 1. The molecule has 2 atom stereocenters. The average Bonchev–Trinajstić information content (AvgIpc) is 3.22. The number of rotatable bonds is 3. The molecular formula is C18H26N6. The molecule has 0 aliphatic carbocycles. The molecule has 128 valence electrons. The molecule has 0 radical (unpaired) electrons. The Morgan fingerprint density at radius 1 is 1.00 bits per heavy atom. The van der Waals surface area contributed by atoms with E-state index >= 15 is 0 Å². The molecule has 0 unspecified atom stereocenters. The molecule has 2 saturated heterocycles. The molecule has 2 aliphatic rings. The quantitative estimate of drug-likeness (QED) is 0.863. The highest BCUT2D eigenvalue weighted by Crippen LogP contribution is 2.34. The summed E-state index contributed by atoms with van der Waals surface area (Å²) in [6, 6.07) is 10.8. The third-order valence-electron chi connectivity index (χ3n) is 5.22. The number of hydrogen-bond acceptors (Lipinski definition) is 5. The summed E-state index contributed by atoms with van der Waals surface area (Å²) in [6.45, 7) is 11.9. The second-order valence-corrected chi connectivity index (χ2v) is 8.13. The van der Waals surface area contributed by atoms with Crippen LogP contribution in [0.2, 0.25) is 0 Å². The fourth-order valence-electron chi connectivity index (χ4n) is 4.09. The summed E-state index contributed by atoms with van der Waals surface area (Å²) in [5.41, 5.74) is 1.29. The van der Waals surface area contributed by atoms with E-state index in [1.54, 1.807) is 0 Å². The van der Waals surface area contributed by atoms with E-state index in [4.69, 9.17) is 0 Å². The summed E-state index contributed by atoms with van der Waals surface area (Å²) >= 11 is 0. The molecule has 2 fully saturated rings. The largest absolute Gasteiger partial charge is 0.371 e. The summed E-state index contributed by atoms with van der Waals surface area (Å²) in [5.74, 6) is 2.48. The summed E-state index contributed by atoms with van der Waals surface area (Å²) in [4.78, 5) is 5.05. The van der Waals surface area contributed by atoms with E-state index in [0.29, 0.717) is 0 Å². The second-order valence-electron chi connectivity index (χ2n) is 8.13. The van der Waals surface area contributed by atoms with Crippen LogP contribution in [0.3, 0.4) is 0 Å². The Labute approximate surface area is 143 Å². The number of anilines is 1. The smallest absolute Gasteiger partial charge is 0.165 e. The Bertz CT molecular complexity index is 675. The van der Waals surface area contributed by atoms with Crippen LogP contribution < -0.4 is 4.90 Å². The fourth-order valence-corrected chi connectivity index (χ4v) is 4.09. The van der Waals surface area contributed by atoms with E-state index < -0.39 is 0 Å². The molecule has 6 nitrogen and oxygen atoms in total. The maximum Gasteiger partial charge on any atom is 0.165 e. The molecule has 1 aromatic carbocycles. The van der Waals surface area contributed by atoms with Gasteiger partial charge in [0.2, 0.25) is 0 Å². The van der Waals surface area contributed by atoms with Gasteiger partial charge in [-0.2, -0.15) is 0 Å². The summed E-state index contributed by atoms with van der Waals surface area (Å²) in [7, 11) is 0. The second kappa shape index (κ2) is 5.84. The lowest BCUT2D eigenvalue weighted by atomic mass is 10.0. The van der Waals surface area contributed by atoms with Crippen molar-refractivity contribution in [2.75, 3.05) is 31.1 Å². The standard InChI is InChI=1S/C18H26N6/c1-18(2,3)24-17(19-20-21-24)13-22-9-14-11-23(12-15(14)10-22)16-7-5-4-6-8-16/h4-8,14-15H,9-13H2,1-3H3/t14-,15-/m1/s1. The molecule has 1 aromatic heterocycles. The Balaban J connectivity index is 1.39. The Kier molecular flexibility index (Phi) is 3.79. The lowest BCUT2D eigenvalue weighted by Crippen LogP contribution is -2.32. The topological polar surface area (TPSA) is 50.1 Å². The zero-order valence-electron chi connectivity index (χ0n) is 14.8. The van der Waals surface area contributed by atoms with Gasteiger partial charge in [-0.25, -0.2) is 4.68 Å². The maximum absolute atomic E-state index is 4.25. The third kappa shape index (κ3) is 2.90. The molecule has 2 aromatic rings. The van der Waals surface area contributed by atoms with Gasteiger partial charge in [0.15, 0.2) is 5.82 Å². The predicted molar refractivity (Wildman–Crippen MR) is 93.7 cm³/mol. The van der Waals surface area contributed by atoms with E-state index in [2.05, 4.69) is 76.4 Å². The van der Waals surface area contributed by atoms with E-state index in [9.17, 15) is 0 Å². The first-order chi connectivity index (χ1) is 11.5. The Morgan fingerprint density at radius 2 is 1.67 bits per heavy atom. The molecule has 4 rings (SSSR count). The predicted octanol–water partition coefficient (Wildman–Crippen LogP) is 2.00. The lowest BCUT2D eigenvalue weighted by molar-refractivity contribution is 0.268. The number of fused-ring (bicyclic) bond motifs is 1. The molecule has 3 heterocycles. The average molecular weight is 326 g/mol. The molecule has 6 heteroatoms. The zero-order valence-corrected chi connectivity index (χ0v) is 14.8. The van der Waals surface area contributed by atoms with Gasteiger partial charge in [0.1, 0.15) is 0 Å². The first-order valence-electron chi connectivity index (χ1n) is 8.81. The van der Waals surface area contributed by atoms with Crippen LogP contribution >= 0.6 is 0 Å². The van der Waals surface area contributed by atoms with Gasteiger partial charge in [-0.05, 0) is 55.2 Å². The minimum absolute atomic E-state index is 0.0709. The highest BCUT2D eigenvalue weighted by atomic mass is 15.6. The van der Waals surface area contributed by atoms with Gasteiger partial charge in [-0.15, -0.1) is 5.10 Å². The summed E-state index contributed by atoms with van der Waals surface area (Å²) < 4.78 is 1.96. The van der Waals surface area contributed by atoms with Crippen LogP contribution in [0.4, 0.5) is 5.69 Å². The van der Waals surface area contributed by atoms with E-state index in [0.717, 1.165) is 50.4 Å². The highest BCUT2D eigenvalue weighted by molar-refractivity contribution is 5.47. The van der Waals surface area contributed by atoms with Crippen LogP contribution in [0.1, 0.15) is 26.6 Å². The van der Waals surface area contributed by atoms with Gasteiger partial charge in [-0.1, -0.05) is 18.2 Å². The van der Waals surface area contributed by atoms with Gasteiger partial charge in [-0.3, -0.25) is 4.90 Å². The molecule has 0 amide bonds. The van der Waals surface area contributed by atoms with Crippen molar-refractivity contribution < 1.29 is 0 Å². The van der Waals surface area contributed by atoms with E-state index in [1.807, 2.05) is 4.68 Å². The minimum Gasteiger partial charge on any atom is -0.371 e. The molecule has 24 heavy (non-hydrogen) atoms. The van der Waals surface area contributed by atoms with E-state index in [1.165, 1.54) is 5.69 Å².